The summed E-state index contributed by atoms with van der Waals surface area (Å²) in [5.41, 5.74) is 1.64. The van der Waals surface area contributed by atoms with Crippen LogP contribution in [0.15, 0.2) is 34.4 Å². The van der Waals surface area contributed by atoms with Crippen molar-refractivity contribution in [2.24, 2.45) is 15.9 Å². The molecule has 1 aromatic rings. The molecular weight excluding hydrogens is 214 g/mol. The number of nitrogens with two attached hydrogens (primary N) is 1. The van der Waals surface area contributed by atoms with Crippen molar-refractivity contribution in [3.05, 3.63) is 35.4 Å². The molecule has 1 aromatic carbocycles. The van der Waals surface area contributed by atoms with Gasteiger partial charge in [-0.3, -0.25) is 4.99 Å². The fraction of sp³-hybridized carbons (Fsp3) is 0.250. The second kappa shape index (κ2) is 6.40. The summed E-state index contributed by atoms with van der Waals surface area (Å²) in [6.07, 6.45) is 2.10. The Morgan fingerprint density at radius 1 is 1.53 bits per heavy atom. The molecule has 0 aliphatic rings. The number of hydrazine groups is 1. The van der Waals surface area contributed by atoms with Crippen LogP contribution in [0.25, 0.3) is 0 Å². The number of nitriles is 1. The lowest BCUT2D eigenvalue weighted by Gasteiger charge is -2.23. The first-order valence-electron chi connectivity index (χ1n) is 5.25. The zero-order valence-electron chi connectivity index (χ0n) is 9.74. The van der Waals surface area contributed by atoms with Gasteiger partial charge in [0.15, 0.2) is 0 Å². The van der Waals surface area contributed by atoms with Gasteiger partial charge in [0.1, 0.15) is 6.34 Å². The summed E-state index contributed by atoms with van der Waals surface area (Å²) < 4.78 is 0. The summed E-state index contributed by atoms with van der Waals surface area (Å²) in [6.45, 7) is 5.31. The molecule has 0 radical (unpaired) electrons. The average Bonchev–Trinajstić information content (AvgIpc) is 2.38. The molecule has 5 heteroatoms. The van der Waals surface area contributed by atoms with Crippen LogP contribution in [0.1, 0.15) is 30.5 Å². The normalized spacial score (nSPS) is 12.1. The molecule has 88 valence electrons. The van der Waals surface area contributed by atoms with Crippen molar-refractivity contribution in [3.63, 3.8) is 0 Å². The highest BCUT2D eigenvalue weighted by Crippen LogP contribution is 2.21. The highest BCUT2D eigenvalue weighted by molar-refractivity contribution is 5.61. The van der Waals surface area contributed by atoms with E-state index in [1.54, 1.807) is 12.1 Å². The van der Waals surface area contributed by atoms with Crippen LogP contribution in [0.2, 0.25) is 0 Å². The Hall–Kier alpha value is -2.19. The van der Waals surface area contributed by atoms with Crippen molar-refractivity contribution in [2.75, 3.05) is 0 Å². The van der Waals surface area contributed by atoms with E-state index in [0.717, 1.165) is 12.0 Å². The molecule has 0 saturated carbocycles. The van der Waals surface area contributed by atoms with Gasteiger partial charge in [-0.05, 0) is 30.8 Å². The van der Waals surface area contributed by atoms with E-state index in [4.69, 9.17) is 11.1 Å². The zero-order valence-corrected chi connectivity index (χ0v) is 9.74. The summed E-state index contributed by atoms with van der Waals surface area (Å²) in [6, 6.07) is 9.32. The van der Waals surface area contributed by atoms with Gasteiger partial charge < -0.3 is 0 Å². The summed E-state index contributed by atoms with van der Waals surface area (Å²) in [5.74, 6) is 5.80. The van der Waals surface area contributed by atoms with E-state index in [-0.39, 0.29) is 6.04 Å². The third-order valence-electron chi connectivity index (χ3n) is 2.40. The van der Waals surface area contributed by atoms with Crippen molar-refractivity contribution in [2.45, 2.75) is 19.4 Å². The van der Waals surface area contributed by atoms with Crippen LogP contribution in [0.3, 0.4) is 0 Å². The summed E-state index contributed by atoms with van der Waals surface area (Å²) in [7, 11) is 0. The smallest absolute Gasteiger partial charge is 0.136 e. The lowest BCUT2D eigenvalue weighted by molar-refractivity contribution is 0.207. The third-order valence-corrected chi connectivity index (χ3v) is 2.40. The monoisotopic (exact) mass is 229 g/mol. The lowest BCUT2D eigenvalue weighted by Crippen LogP contribution is -2.30. The van der Waals surface area contributed by atoms with Crippen molar-refractivity contribution < 1.29 is 0 Å². The van der Waals surface area contributed by atoms with Gasteiger partial charge in [0.2, 0.25) is 0 Å². The van der Waals surface area contributed by atoms with Gasteiger partial charge in [0, 0.05) is 0 Å². The Balaban J connectivity index is 2.89. The number of benzene rings is 1. The first-order valence-corrected chi connectivity index (χ1v) is 5.25. The van der Waals surface area contributed by atoms with E-state index in [0.29, 0.717) is 5.56 Å². The average molecular weight is 229 g/mol. The van der Waals surface area contributed by atoms with Gasteiger partial charge >= 0.3 is 0 Å². The standard InChI is InChI=1S/C12H15N5/c1-3-12(17(14)16-9-15-2)11-6-4-10(8-13)5-7-11/h4-7,9,12H,2-3,14H2,1H3/b16-9-. The van der Waals surface area contributed by atoms with Crippen LogP contribution in [-0.2, 0) is 0 Å². The molecule has 0 heterocycles. The van der Waals surface area contributed by atoms with Crippen molar-refractivity contribution in [3.8, 4) is 6.07 Å². The molecule has 17 heavy (non-hydrogen) atoms. The molecule has 0 aromatic heterocycles. The molecular formula is C12H15N5. The van der Waals surface area contributed by atoms with Gasteiger partial charge in [0.25, 0.3) is 0 Å². The van der Waals surface area contributed by atoms with Crippen LogP contribution in [0.4, 0.5) is 0 Å². The van der Waals surface area contributed by atoms with Gasteiger partial charge in [-0.25, -0.2) is 11.0 Å². The zero-order chi connectivity index (χ0) is 12.7. The number of rotatable bonds is 5. The Kier molecular flexibility index (Phi) is 4.85. The number of aliphatic imine (C=N–C) groups is 1. The van der Waals surface area contributed by atoms with E-state index in [2.05, 4.69) is 22.9 Å². The Bertz CT molecular complexity index is 429. The Labute approximate surface area is 101 Å². The van der Waals surface area contributed by atoms with Crippen molar-refractivity contribution >= 4 is 13.1 Å². The summed E-state index contributed by atoms with van der Waals surface area (Å²) in [4.78, 5) is 3.51. The molecule has 0 spiro atoms. The maximum atomic E-state index is 8.72. The highest BCUT2D eigenvalue weighted by atomic mass is 15.6. The van der Waals surface area contributed by atoms with Crippen molar-refractivity contribution in [1.29, 1.82) is 5.26 Å². The number of hydrogen-bond acceptors (Lipinski definition) is 4. The first-order chi connectivity index (χ1) is 8.22. The number of hydrogen-bond donors (Lipinski definition) is 1. The van der Waals surface area contributed by atoms with Gasteiger partial charge in [0.05, 0.1) is 17.7 Å². The molecule has 5 nitrogen and oxygen atoms in total. The summed E-state index contributed by atoms with van der Waals surface area (Å²) in [5, 5.41) is 14.0. The van der Waals surface area contributed by atoms with Crippen LogP contribution in [0, 0.1) is 11.3 Å². The summed E-state index contributed by atoms with van der Waals surface area (Å²) >= 11 is 0. The SMILES string of the molecule is C=N/C=N\N(N)C(CC)c1ccc(C#N)cc1. The van der Waals surface area contributed by atoms with Gasteiger partial charge in [-0.2, -0.15) is 5.26 Å². The fourth-order valence-electron chi connectivity index (χ4n) is 1.53. The van der Waals surface area contributed by atoms with E-state index in [1.165, 1.54) is 11.5 Å². The molecule has 0 aliphatic heterocycles. The second-order valence-corrected chi connectivity index (χ2v) is 3.45. The number of nitrogens with zero attached hydrogens (tertiary/aromatic N) is 4. The topological polar surface area (TPSA) is 77.8 Å². The van der Waals surface area contributed by atoms with Crippen LogP contribution >= 0.6 is 0 Å². The minimum absolute atomic E-state index is 0.0410. The highest BCUT2D eigenvalue weighted by Gasteiger charge is 2.13. The maximum absolute atomic E-state index is 8.72. The first kappa shape index (κ1) is 12.9. The Morgan fingerprint density at radius 2 is 2.18 bits per heavy atom. The van der Waals surface area contributed by atoms with Gasteiger partial charge in [-0.1, -0.05) is 19.1 Å². The fourth-order valence-corrected chi connectivity index (χ4v) is 1.53. The van der Waals surface area contributed by atoms with Crippen LogP contribution in [-0.4, -0.2) is 18.2 Å². The van der Waals surface area contributed by atoms with E-state index in [1.807, 2.05) is 19.1 Å². The maximum Gasteiger partial charge on any atom is 0.136 e. The quantitative estimate of drug-likeness (QED) is 0.362. The molecule has 1 atom stereocenters. The lowest BCUT2D eigenvalue weighted by atomic mass is 10.0. The van der Waals surface area contributed by atoms with E-state index in [9.17, 15) is 0 Å². The molecule has 0 amide bonds. The second-order valence-electron chi connectivity index (χ2n) is 3.45. The predicted octanol–water partition coefficient (Wildman–Crippen LogP) is 1.83. The largest absolute Gasteiger partial charge is 0.251 e. The Morgan fingerprint density at radius 3 is 2.65 bits per heavy atom. The van der Waals surface area contributed by atoms with Crippen LogP contribution < -0.4 is 5.84 Å². The molecule has 1 rings (SSSR count). The molecule has 2 N–H and O–H groups in total. The van der Waals surface area contributed by atoms with E-state index < -0.39 is 0 Å². The molecule has 0 bridgehead atoms. The molecule has 0 fully saturated rings. The minimum atomic E-state index is -0.0410. The predicted molar refractivity (Wildman–Crippen MR) is 68.3 cm³/mol. The van der Waals surface area contributed by atoms with Gasteiger partial charge in [-0.15, -0.1) is 5.10 Å². The van der Waals surface area contributed by atoms with Crippen molar-refractivity contribution in [1.82, 2.24) is 5.12 Å². The molecule has 1 unspecified atom stereocenters. The van der Waals surface area contributed by atoms with Crippen LogP contribution in [0.5, 0.6) is 0 Å². The number of hydrazone groups is 1. The molecule has 0 aliphatic carbocycles. The molecule has 0 saturated heterocycles. The third kappa shape index (κ3) is 3.40. The minimum Gasteiger partial charge on any atom is -0.251 e. The van der Waals surface area contributed by atoms with E-state index >= 15 is 0 Å².